The average Bonchev–Trinajstić information content (AvgIpc) is 2.30. The molecule has 2 rings (SSSR count). The summed E-state index contributed by atoms with van der Waals surface area (Å²) in [5.41, 5.74) is 1.28. The summed E-state index contributed by atoms with van der Waals surface area (Å²) in [5, 5.41) is 12.0. The van der Waals surface area contributed by atoms with Crippen LogP contribution >= 0.6 is 0 Å². The highest BCUT2D eigenvalue weighted by atomic mass is 16.4. The number of carbonyl (C=O) groups is 1. The molecule has 0 radical (unpaired) electrons. The first-order valence-corrected chi connectivity index (χ1v) is 5.95. The molecule has 4 nitrogen and oxygen atoms in total. The third-order valence-electron chi connectivity index (χ3n) is 3.01. The van der Waals surface area contributed by atoms with Crippen LogP contribution in [0.5, 0.6) is 0 Å². The van der Waals surface area contributed by atoms with E-state index in [1.807, 2.05) is 18.2 Å². The monoisotopic (exact) mass is 234 g/mol. The first-order chi connectivity index (χ1) is 8.24. The summed E-state index contributed by atoms with van der Waals surface area (Å²) in [6, 6.07) is 10.4. The zero-order chi connectivity index (χ0) is 12.1. The molecule has 1 atom stereocenters. The van der Waals surface area contributed by atoms with E-state index in [-0.39, 0.29) is 12.5 Å². The molecule has 1 fully saturated rings. The number of hydrogen-bond donors (Lipinski definition) is 2. The minimum absolute atomic E-state index is 0.0740. The highest BCUT2D eigenvalue weighted by molar-refractivity contribution is 5.67. The molecule has 0 bridgehead atoms. The summed E-state index contributed by atoms with van der Waals surface area (Å²) in [7, 11) is 0. The number of piperazine rings is 1. The molecule has 1 aromatic carbocycles. The zero-order valence-corrected chi connectivity index (χ0v) is 9.80. The standard InChI is InChI=1S/C13H18N2O2/c16-13(17)8-12-10-15(7-6-14-12)9-11-4-2-1-3-5-11/h1-5,12,14H,6-10H2,(H,16,17). The molecule has 2 N–H and O–H groups in total. The normalized spacial score (nSPS) is 21.3. The number of carboxylic acids is 1. The molecule has 1 aliphatic heterocycles. The van der Waals surface area contributed by atoms with Gasteiger partial charge in [-0.2, -0.15) is 0 Å². The SMILES string of the molecule is O=C(O)CC1CN(Cc2ccccc2)CCN1. The van der Waals surface area contributed by atoms with Gasteiger partial charge in [0, 0.05) is 32.2 Å². The summed E-state index contributed by atoms with van der Waals surface area (Å²) in [6.07, 6.45) is 0.200. The maximum Gasteiger partial charge on any atom is 0.304 e. The third-order valence-corrected chi connectivity index (χ3v) is 3.01. The Hall–Kier alpha value is -1.39. The summed E-state index contributed by atoms with van der Waals surface area (Å²) in [6.45, 7) is 3.55. The van der Waals surface area contributed by atoms with Gasteiger partial charge in [-0.3, -0.25) is 9.69 Å². The fourth-order valence-electron chi connectivity index (χ4n) is 2.23. The topological polar surface area (TPSA) is 52.6 Å². The molecule has 0 saturated carbocycles. The molecule has 17 heavy (non-hydrogen) atoms. The van der Waals surface area contributed by atoms with E-state index >= 15 is 0 Å². The summed E-state index contributed by atoms with van der Waals surface area (Å²) in [4.78, 5) is 13.0. The second kappa shape index (κ2) is 5.80. The molecule has 92 valence electrons. The van der Waals surface area contributed by atoms with Gasteiger partial charge in [0.1, 0.15) is 0 Å². The highest BCUT2D eigenvalue weighted by Crippen LogP contribution is 2.08. The minimum atomic E-state index is -0.732. The van der Waals surface area contributed by atoms with Gasteiger partial charge < -0.3 is 10.4 Å². The Morgan fingerprint density at radius 1 is 1.41 bits per heavy atom. The van der Waals surface area contributed by atoms with E-state index in [9.17, 15) is 4.79 Å². The van der Waals surface area contributed by atoms with Gasteiger partial charge in [-0.1, -0.05) is 30.3 Å². The van der Waals surface area contributed by atoms with Crippen LogP contribution < -0.4 is 5.32 Å². The first kappa shape index (κ1) is 12.1. The van der Waals surface area contributed by atoms with Crippen molar-refractivity contribution in [3.8, 4) is 0 Å². The molecular weight excluding hydrogens is 216 g/mol. The summed E-state index contributed by atoms with van der Waals surface area (Å²) in [5.74, 6) is -0.732. The van der Waals surface area contributed by atoms with E-state index in [1.165, 1.54) is 5.56 Å². The van der Waals surface area contributed by atoms with Crippen LogP contribution in [0.3, 0.4) is 0 Å². The molecule has 4 heteroatoms. The number of rotatable bonds is 4. The molecule has 0 aromatic heterocycles. The fraction of sp³-hybridized carbons (Fsp3) is 0.462. The van der Waals surface area contributed by atoms with E-state index in [0.717, 1.165) is 26.2 Å². The van der Waals surface area contributed by atoms with Crippen molar-refractivity contribution in [1.82, 2.24) is 10.2 Å². The van der Waals surface area contributed by atoms with E-state index in [4.69, 9.17) is 5.11 Å². The quantitative estimate of drug-likeness (QED) is 0.814. The Bertz CT molecular complexity index is 367. The molecule has 0 amide bonds. The Morgan fingerprint density at radius 3 is 2.88 bits per heavy atom. The number of nitrogens with one attached hydrogen (secondary N) is 1. The maximum absolute atomic E-state index is 10.7. The van der Waals surface area contributed by atoms with Crippen molar-refractivity contribution in [3.05, 3.63) is 35.9 Å². The van der Waals surface area contributed by atoms with Gasteiger partial charge >= 0.3 is 5.97 Å². The van der Waals surface area contributed by atoms with Crippen LogP contribution in [0, 0.1) is 0 Å². The lowest BCUT2D eigenvalue weighted by Gasteiger charge is -2.33. The van der Waals surface area contributed by atoms with E-state index < -0.39 is 5.97 Å². The van der Waals surface area contributed by atoms with E-state index in [1.54, 1.807) is 0 Å². The maximum atomic E-state index is 10.7. The van der Waals surface area contributed by atoms with Gasteiger partial charge in [-0.25, -0.2) is 0 Å². The molecule has 1 saturated heterocycles. The molecule has 1 heterocycles. The number of benzene rings is 1. The van der Waals surface area contributed by atoms with Gasteiger partial charge in [0.25, 0.3) is 0 Å². The Morgan fingerprint density at radius 2 is 2.18 bits per heavy atom. The van der Waals surface area contributed by atoms with Crippen molar-refractivity contribution >= 4 is 5.97 Å². The average molecular weight is 234 g/mol. The van der Waals surface area contributed by atoms with E-state index in [2.05, 4.69) is 22.3 Å². The number of aliphatic carboxylic acids is 1. The largest absolute Gasteiger partial charge is 0.481 e. The first-order valence-electron chi connectivity index (χ1n) is 5.95. The Kier molecular flexibility index (Phi) is 4.12. The van der Waals surface area contributed by atoms with Crippen LogP contribution in [0.2, 0.25) is 0 Å². The summed E-state index contributed by atoms with van der Waals surface area (Å²) >= 11 is 0. The van der Waals surface area contributed by atoms with Crippen LogP contribution in [0.25, 0.3) is 0 Å². The fourth-order valence-corrected chi connectivity index (χ4v) is 2.23. The third kappa shape index (κ3) is 3.84. The number of hydrogen-bond acceptors (Lipinski definition) is 3. The molecule has 1 aliphatic rings. The van der Waals surface area contributed by atoms with Gasteiger partial charge in [0.05, 0.1) is 6.42 Å². The van der Waals surface area contributed by atoms with Crippen molar-refractivity contribution in [1.29, 1.82) is 0 Å². The second-order valence-electron chi connectivity index (χ2n) is 4.47. The van der Waals surface area contributed by atoms with Crippen LogP contribution in [0.1, 0.15) is 12.0 Å². The molecule has 0 aliphatic carbocycles. The van der Waals surface area contributed by atoms with Gasteiger partial charge in [-0.05, 0) is 5.56 Å². The van der Waals surface area contributed by atoms with Crippen LogP contribution in [0.4, 0.5) is 0 Å². The van der Waals surface area contributed by atoms with E-state index in [0.29, 0.717) is 0 Å². The molecule has 0 spiro atoms. The van der Waals surface area contributed by atoms with Crippen molar-refractivity contribution in [3.63, 3.8) is 0 Å². The Labute approximate surface area is 101 Å². The highest BCUT2D eigenvalue weighted by Gasteiger charge is 2.21. The number of carboxylic acid groups (broad SMARTS) is 1. The predicted molar refractivity (Wildman–Crippen MR) is 65.8 cm³/mol. The number of nitrogens with zero attached hydrogens (tertiary/aromatic N) is 1. The van der Waals surface area contributed by atoms with Gasteiger partial charge in [-0.15, -0.1) is 0 Å². The molecule has 1 aromatic rings. The van der Waals surface area contributed by atoms with Gasteiger partial charge in [0.15, 0.2) is 0 Å². The van der Waals surface area contributed by atoms with Crippen molar-refractivity contribution < 1.29 is 9.90 Å². The van der Waals surface area contributed by atoms with Crippen LogP contribution in [-0.2, 0) is 11.3 Å². The Balaban J connectivity index is 1.87. The molecule has 1 unspecified atom stereocenters. The van der Waals surface area contributed by atoms with Crippen LogP contribution in [0.15, 0.2) is 30.3 Å². The van der Waals surface area contributed by atoms with Crippen molar-refractivity contribution in [2.75, 3.05) is 19.6 Å². The van der Waals surface area contributed by atoms with Crippen LogP contribution in [-0.4, -0.2) is 41.7 Å². The van der Waals surface area contributed by atoms with Gasteiger partial charge in [0.2, 0.25) is 0 Å². The lowest BCUT2D eigenvalue weighted by Crippen LogP contribution is -2.50. The smallest absolute Gasteiger partial charge is 0.304 e. The van der Waals surface area contributed by atoms with Crippen molar-refractivity contribution in [2.45, 2.75) is 19.0 Å². The zero-order valence-electron chi connectivity index (χ0n) is 9.80. The summed E-state index contributed by atoms with van der Waals surface area (Å²) < 4.78 is 0. The lowest BCUT2D eigenvalue weighted by atomic mass is 10.1. The minimum Gasteiger partial charge on any atom is -0.481 e. The van der Waals surface area contributed by atoms with Crippen molar-refractivity contribution in [2.24, 2.45) is 0 Å². The second-order valence-corrected chi connectivity index (χ2v) is 4.47. The molecular formula is C13H18N2O2. The lowest BCUT2D eigenvalue weighted by molar-refractivity contribution is -0.137. The predicted octanol–water partition coefficient (Wildman–Crippen LogP) is 0.935.